The molecule has 0 fully saturated rings. The fourth-order valence-electron chi connectivity index (χ4n) is 4.46. The summed E-state index contributed by atoms with van der Waals surface area (Å²) < 4.78 is 2.67. The van der Waals surface area contributed by atoms with Crippen molar-refractivity contribution in [2.24, 2.45) is 0 Å². The molecule has 1 aromatic carbocycles. The molecule has 0 spiro atoms. The van der Waals surface area contributed by atoms with E-state index in [0.29, 0.717) is 16.6 Å². The van der Waals surface area contributed by atoms with Crippen molar-refractivity contribution in [2.75, 3.05) is 12.4 Å². The van der Waals surface area contributed by atoms with Crippen LogP contribution in [0.1, 0.15) is 41.5 Å². The van der Waals surface area contributed by atoms with E-state index < -0.39 is 8.24 Å². The summed E-state index contributed by atoms with van der Waals surface area (Å²) in [5.41, 5.74) is 4.73. The first-order valence-electron chi connectivity index (χ1n) is 8.15. The van der Waals surface area contributed by atoms with Crippen molar-refractivity contribution in [3.63, 3.8) is 0 Å². The minimum Gasteiger partial charge on any atom is -0.388 e. The summed E-state index contributed by atoms with van der Waals surface area (Å²) in [6.07, 6.45) is 2.34. The van der Waals surface area contributed by atoms with Crippen LogP contribution in [-0.4, -0.2) is 19.5 Å². The summed E-state index contributed by atoms with van der Waals surface area (Å²) in [4.78, 5) is 0. The summed E-state index contributed by atoms with van der Waals surface area (Å²) in [7, 11) is 0.330. The number of fused-ring (bicyclic) bond motifs is 1. The maximum atomic E-state index is 3.28. The summed E-state index contributed by atoms with van der Waals surface area (Å²) in [5, 5.41) is 4.63. The largest absolute Gasteiger partial charge is 0.388 e. The Kier molecular flexibility index (Phi) is 4.52. The molecule has 0 aliphatic rings. The minimum atomic E-state index is -1.66. The van der Waals surface area contributed by atoms with Gasteiger partial charge in [-0.25, -0.2) is 0 Å². The topological polar surface area (TPSA) is 17.0 Å². The van der Waals surface area contributed by atoms with Gasteiger partial charge in [0.25, 0.3) is 0 Å². The van der Waals surface area contributed by atoms with Crippen LogP contribution in [0.25, 0.3) is 10.9 Å². The highest BCUT2D eigenvalue weighted by Crippen LogP contribution is 2.44. The molecular weight excluding hydrogens is 272 g/mol. The van der Waals surface area contributed by atoms with Crippen molar-refractivity contribution >= 4 is 24.8 Å². The van der Waals surface area contributed by atoms with Crippen LogP contribution >= 0.6 is 0 Å². The van der Waals surface area contributed by atoms with Crippen LogP contribution in [-0.2, 0) is 0 Å². The number of nitrogens with one attached hydrogen (secondary N) is 1. The fourth-order valence-corrected chi connectivity index (χ4v) is 11.1. The molecule has 0 unspecified atom stereocenters. The molecule has 0 atom stereocenters. The Morgan fingerprint density at radius 2 is 1.48 bits per heavy atom. The molecule has 0 radical (unpaired) electrons. The molecule has 0 aliphatic carbocycles. The van der Waals surface area contributed by atoms with Crippen LogP contribution in [0.3, 0.4) is 0 Å². The Morgan fingerprint density at radius 1 is 0.905 bits per heavy atom. The highest BCUT2D eigenvalue weighted by atomic mass is 28.3. The van der Waals surface area contributed by atoms with Crippen LogP contribution in [0.2, 0.25) is 16.6 Å². The molecule has 0 saturated heterocycles. The number of hydrogen-bond donors (Lipinski definition) is 1. The number of hydrogen-bond acceptors (Lipinski definition) is 1. The molecular formula is C18H30N2Si. The number of rotatable bonds is 5. The van der Waals surface area contributed by atoms with E-state index in [1.54, 1.807) is 0 Å². The van der Waals surface area contributed by atoms with Crippen molar-refractivity contribution in [1.82, 2.24) is 4.23 Å². The van der Waals surface area contributed by atoms with Crippen LogP contribution in [0.4, 0.5) is 5.69 Å². The van der Waals surface area contributed by atoms with Gasteiger partial charge in [0, 0.05) is 18.3 Å². The molecule has 3 heteroatoms. The van der Waals surface area contributed by atoms with Crippen LogP contribution in [0.15, 0.2) is 30.5 Å². The standard InChI is InChI=1S/C18H30N2Si/c1-13(2)21(14(3)4,15(5)6)20-11-10-16-8-9-17(19-7)12-18(16)20/h8-15,19H,1-7H3. The van der Waals surface area contributed by atoms with Gasteiger partial charge in [-0.15, -0.1) is 0 Å². The second kappa shape index (κ2) is 5.88. The lowest BCUT2D eigenvalue weighted by molar-refractivity contribution is 0.773. The van der Waals surface area contributed by atoms with Gasteiger partial charge < -0.3 is 9.55 Å². The molecule has 0 amide bonds. The minimum absolute atomic E-state index is 0.714. The van der Waals surface area contributed by atoms with Gasteiger partial charge in [-0.05, 0) is 46.4 Å². The van der Waals surface area contributed by atoms with E-state index in [-0.39, 0.29) is 0 Å². The monoisotopic (exact) mass is 302 g/mol. The van der Waals surface area contributed by atoms with Crippen molar-refractivity contribution < 1.29 is 0 Å². The molecule has 2 aromatic rings. The lowest BCUT2D eigenvalue weighted by atomic mass is 10.2. The van der Waals surface area contributed by atoms with E-state index >= 15 is 0 Å². The molecule has 1 heterocycles. The quantitative estimate of drug-likeness (QED) is 0.700. The van der Waals surface area contributed by atoms with Crippen LogP contribution < -0.4 is 5.32 Å². The van der Waals surface area contributed by atoms with Gasteiger partial charge in [-0.3, -0.25) is 0 Å². The van der Waals surface area contributed by atoms with E-state index in [2.05, 4.69) is 81.6 Å². The number of nitrogens with zero attached hydrogens (tertiary/aromatic N) is 1. The Morgan fingerprint density at radius 3 is 1.95 bits per heavy atom. The van der Waals surface area contributed by atoms with Crippen LogP contribution in [0.5, 0.6) is 0 Å². The average molecular weight is 303 g/mol. The first-order chi connectivity index (χ1) is 9.85. The molecule has 0 saturated carbocycles. The second-order valence-electron chi connectivity index (χ2n) is 7.06. The van der Waals surface area contributed by atoms with E-state index in [1.165, 1.54) is 16.6 Å². The van der Waals surface area contributed by atoms with Gasteiger partial charge in [-0.1, -0.05) is 47.6 Å². The van der Waals surface area contributed by atoms with Crippen molar-refractivity contribution in [1.29, 1.82) is 0 Å². The third-order valence-electron chi connectivity index (χ3n) is 5.17. The predicted molar refractivity (Wildman–Crippen MR) is 97.9 cm³/mol. The summed E-state index contributed by atoms with van der Waals surface area (Å²) in [6.45, 7) is 14.5. The van der Waals surface area contributed by atoms with Gasteiger partial charge in [0.05, 0.1) is 0 Å². The van der Waals surface area contributed by atoms with E-state index in [9.17, 15) is 0 Å². The fraction of sp³-hybridized carbons (Fsp3) is 0.556. The normalized spacial score (nSPS) is 12.9. The number of benzene rings is 1. The SMILES string of the molecule is CNc1ccc2ccn([Si](C(C)C)(C(C)C)C(C)C)c2c1. The number of aromatic nitrogens is 1. The van der Waals surface area contributed by atoms with Crippen molar-refractivity contribution in [3.05, 3.63) is 30.5 Å². The van der Waals surface area contributed by atoms with Crippen molar-refractivity contribution in [3.8, 4) is 0 Å². The van der Waals surface area contributed by atoms with E-state index in [1.807, 2.05) is 7.05 Å². The van der Waals surface area contributed by atoms with Gasteiger partial charge in [0.15, 0.2) is 8.24 Å². The first-order valence-corrected chi connectivity index (χ1v) is 10.3. The zero-order valence-corrected chi connectivity index (χ0v) is 15.6. The second-order valence-corrected chi connectivity index (χ2v) is 12.8. The molecule has 0 aliphatic heterocycles. The molecule has 116 valence electrons. The first kappa shape index (κ1) is 16.2. The smallest absolute Gasteiger partial charge is 0.169 e. The molecule has 2 nitrogen and oxygen atoms in total. The predicted octanol–water partition coefficient (Wildman–Crippen LogP) is 5.71. The third kappa shape index (κ3) is 2.42. The summed E-state index contributed by atoms with van der Waals surface area (Å²) >= 11 is 0. The Hall–Kier alpha value is -1.22. The summed E-state index contributed by atoms with van der Waals surface area (Å²) in [6, 6.07) is 8.99. The summed E-state index contributed by atoms with van der Waals surface area (Å²) in [5.74, 6) is 0. The third-order valence-corrected chi connectivity index (χ3v) is 11.9. The molecule has 1 aromatic heterocycles. The van der Waals surface area contributed by atoms with Crippen LogP contribution in [0, 0.1) is 0 Å². The molecule has 21 heavy (non-hydrogen) atoms. The lowest BCUT2D eigenvalue weighted by Crippen LogP contribution is -2.51. The zero-order valence-electron chi connectivity index (χ0n) is 14.6. The Bertz CT molecular complexity index is 589. The Labute approximate surface area is 130 Å². The van der Waals surface area contributed by atoms with E-state index in [0.717, 1.165) is 0 Å². The molecule has 0 bridgehead atoms. The molecule has 2 rings (SSSR count). The van der Waals surface area contributed by atoms with Gasteiger partial charge >= 0.3 is 0 Å². The average Bonchev–Trinajstić information content (AvgIpc) is 2.81. The van der Waals surface area contributed by atoms with Crippen molar-refractivity contribution in [2.45, 2.75) is 58.2 Å². The maximum absolute atomic E-state index is 3.28. The number of anilines is 1. The van der Waals surface area contributed by atoms with Gasteiger partial charge in [0.2, 0.25) is 0 Å². The lowest BCUT2D eigenvalue weighted by Gasteiger charge is -2.44. The van der Waals surface area contributed by atoms with E-state index in [4.69, 9.17) is 0 Å². The van der Waals surface area contributed by atoms with Gasteiger partial charge in [-0.2, -0.15) is 0 Å². The van der Waals surface area contributed by atoms with Gasteiger partial charge in [0.1, 0.15) is 0 Å². The highest BCUT2D eigenvalue weighted by molar-refractivity contribution is 6.82. The maximum Gasteiger partial charge on any atom is 0.169 e. The zero-order chi connectivity index (χ0) is 15.8. The molecule has 1 N–H and O–H groups in total. The highest BCUT2D eigenvalue weighted by Gasteiger charge is 2.45. The Balaban J connectivity index is 2.76.